The second-order valence-corrected chi connectivity index (χ2v) is 3.57. The Bertz CT molecular complexity index is 347. The van der Waals surface area contributed by atoms with E-state index in [1.165, 1.54) is 5.56 Å². The van der Waals surface area contributed by atoms with E-state index in [9.17, 15) is 0 Å². The van der Waals surface area contributed by atoms with Gasteiger partial charge in [-0.3, -0.25) is 4.99 Å². The third-order valence-corrected chi connectivity index (χ3v) is 2.35. The number of hydrogen-bond acceptors (Lipinski definition) is 2. The van der Waals surface area contributed by atoms with Crippen molar-refractivity contribution in [2.45, 2.75) is 6.54 Å². The average Bonchev–Trinajstić information content (AvgIpc) is 2.50. The SMILES string of the molecule is COc1cc(Br)cc2c1C=NC2. The molecule has 0 N–H and O–H groups in total. The lowest BCUT2D eigenvalue weighted by molar-refractivity contribution is 0.413. The normalized spacial score (nSPS) is 13.2. The molecule has 0 saturated carbocycles. The maximum atomic E-state index is 5.22. The Kier molecular flexibility index (Phi) is 1.89. The Balaban J connectivity index is 2.60. The molecule has 0 amide bonds. The highest BCUT2D eigenvalue weighted by atomic mass is 79.9. The zero-order chi connectivity index (χ0) is 8.55. The molecular formula is C9H8BrNO. The number of ether oxygens (including phenoxy) is 1. The van der Waals surface area contributed by atoms with Crippen LogP contribution in [0, 0.1) is 0 Å². The Morgan fingerprint density at radius 1 is 1.50 bits per heavy atom. The number of benzene rings is 1. The lowest BCUT2D eigenvalue weighted by Gasteiger charge is -2.05. The van der Waals surface area contributed by atoms with Crippen LogP contribution in [-0.2, 0) is 6.54 Å². The molecule has 0 saturated heterocycles. The van der Waals surface area contributed by atoms with E-state index in [0.717, 1.165) is 22.3 Å². The van der Waals surface area contributed by atoms with Gasteiger partial charge in [0.05, 0.1) is 13.7 Å². The topological polar surface area (TPSA) is 21.6 Å². The molecule has 0 atom stereocenters. The fourth-order valence-corrected chi connectivity index (χ4v) is 1.81. The summed E-state index contributed by atoms with van der Waals surface area (Å²) in [5, 5.41) is 0. The molecule has 0 aromatic heterocycles. The number of rotatable bonds is 1. The van der Waals surface area contributed by atoms with E-state index in [-0.39, 0.29) is 0 Å². The number of fused-ring (bicyclic) bond motifs is 1. The molecule has 1 aromatic rings. The van der Waals surface area contributed by atoms with Gasteiger partial charge in [-0.25, -0.2) is 0 Å². The Morgan fingerprint density at radius 2 is 2.33 bits per heavy atom. The van der Waals surface area contributed by atoms with E-state index in [4.69, 9.17) is 4.74 Å². The molecule has 2 rings (SSSR count). The van der Waals surface area contributed by atoms with Crippen molar-refractivity contribution in [1.82, 2.24) is 0 Å². The maximum absolute atomic E-state index is 5.22. The van der Waals surface area contributed by atoms with E-state index in [0.29, 0.717) is 0 Å². The molecular weight excluding hydrogens is 218 g/mol. The summed E-state index contributed by atoms with van der Waals surface area (Å²) in [5.41, 5.74) is 2.34. The molecule has 1 aromatic carbocycles. The van der Waals surface area contributed by atoms with Gasteiger partial charge in [0.25, 0.3) is 0 Å². The summed E-state index contributed by atoms with van der Waals surface area (Å²) in [6.07, 6.45) is 1.86. The summed E-state index contributed by atoms with van der Waals surface area (Å²) < 4.78 is 6.26. The molecule has 0 aliphatic carbocycles. The third kappa shape index (κ3) is 1.14. The molecule has 62 valence electrons. The van der Waals surface area contributed by atoms with Crippen LogP contribution in [0.3, 0.4) is 0 Å². The molecule has 12 heavy (non-hydrogen) atoms. The van der Waals surface area contributed by atoms with Gasteiger partial charge in [-0.15, -0.1) is 0 Å². The van der Waals surface area contributed by atoms with Crippen molar-refractivity contribution in [3.8, 4) is 5.75 Å². The molecule has 0 radical (unpaired) electrons. The predicted molar refractivity (Wildman–Crippen MR) is 52.0 cm³/mol. The average molecular weight is 226 g/mol. The van der Waals surface area contributed by atoms with Crippen LogP contribution in [0.15, 0.2) is 21.6 Å². The summed E-state index contributed by atoms with van der Waals surface area (Å²) in [6, 6.07) is 4.03. The van der Waals surface area contributed by atoms with Crippen molar-refractivity contribution in [3.05, 3.63) is 27.7 Å². The molecule has 1 heterocycles. The van der Waals surface area contributed by atoms with E-state index < -0.39 is 0 Å². The van der Waals surface area contributed by atoms with E-state index in [1.807, 2.05) is 12.3 Å². The smallest absolute Gasteiger partial charge is 0.129 e. The van der Waals surface area contributed by atoms with Gasteiger partial charge in [0.1, 0.15) is 5.75 Å². The minimum Gasteiger partial charge on any atom is -0.496 e. The van der Waals surface area contributed by atoms with Crippen molar-refractivity contribution in [2.75, 3.05) is 7.11 Å². The molecule has 1 aliphatic heterocycles. The zero-order valence-corrected chi connectivity index (χ0v) is 8.26. The molecule has 1 aliphatic rings. The summed E-state index contributed by atoms with van der Waals surface area (Å²) in [4.78, 5) is 4.18. The highest BCUT2D eigenvalue weighted by molar-refractivity contribution is 9.10. The standard InChI is InChI=1S/C9H8BrNO/c1-12-9-3-7(10)2-6-4-11-5-8(6)9/h2-3,5H,4H2,1H3. The highest BCUT2D eigenvalue weighted by Crippen LogP contribution is 2.29. The van der Waals surface area contributed by atoms with Gasteiger partial charge in [0.15, 0.2) is 0 Å². The Morgan fingerprint density at radius 3 is 3.08 bits per heavy atom. The van der Waals surface area contributed by atoms with Crippen molar-refractivity contribution >= 4 is 22.1 Å². The number of halogens is 1. The molecule has 0 unspecified atom stereocenters. The second kappa shape index (κ2) is 2.90. The van der Waals surface area contributed by atoms with Crippen molar-refractivity contribution in [3.63, 3.8) is 0 Å². The summed E-state index contributed by atoms with van der Waals surface area (Å²) in [6.45, 7) is 0.769. The number of nitrogens with zero attached hydrogens (tertiary/aromatic N) is 1. The van der Waals surface area contributed by atoms with Crippen molar-refractivity contribution in [1.29, 1.82) is 0 Å². The van der Waals surface area contributed by atoms with E-state index in [2.05, 4.69) is 27.0 Å². The van der Waals surface area contributed by atoms with Gasteiger partial charge in [0, 0.05) is 16.3 Å². The maximum Gasteiger partial charge on any atom is 0.129 e. The van der Waals surface area contributed by atoms with Crippen LogP contribution in [0.2, 0.25) is 0 Å². The first-order valence-corrected chi connectivity index (χ1v) is 4.47. The van der Waals surface area contributed by atoms with Crippen molar-refractivity contribution in [2.24, 2.45) is 4.99 Å². The first kappa shape index (κ1) is 7.80. The van der Waals surface area contributed by atoms with Crippen LogP contribution in [-0.4, -0.2) is 13.3 Å². The monoisotopic (exact) mass is 225 g/mol. The van der Waals surface area contributed by atoms with Gasteiger partial charge >= 0.3 is 0 Å². The Hall–Kier alpha value is -0.830. The van der Waals surface area contributed by atoms with E-state index >= 15 is 0 Å². The highest BCUT2D eigenvalue weighted by Gasteiger charge is 2.12. The van der Waals surface area contributed by atoms with Crippen LogP contribution in [0.5, 0.6) is 5.75 Å². The second-order valence-electron chi connectivity index (χ2n) is 2.65. The van der Waals surface area contributed by atoms with Gasteiger partial charge in [-0.1, -0.05) is 15.9 Å². The minimum absolute atomic E-state index is 0.769. The molecule has 3 heteroatoms. The van der Waals surface area contributed by atoms with Gasteiger partial charge in [-0.2, -0.15) is 0 Å². The predicted octanol–water partition coefficient (Wildman–Crippen LogP) is 2.39. The fraction of sp³-hybridized carbons (Fsp3) is 0.222. The number of aliphatic imine (C=N–C) groups is 1. The van der Waals surface area contributed by atoms with Crippen molar-refractivity contribution < 1.29 is 4.74 Å². The van der Waals surface area contributed by atoms with Crippen LogP contribution in [0.1, 0.15) is 11.1 Å². The summed E-state index contributed by atoms with van der Waals surface area (Å²) in [5.74, 6) is 0.889. The first-order valence-electron chi connectivity index (χ1n) is 3.67. The minimum atomic E-state index is 0.769. The molecule has 0 bridgehead atoms. The lowest BCUT2D eigenvalue weighted by atomic mass is 10.1. The quantitative estimate of drug-likeness (QED) is 0.720. The van der Waals surface area contributed by atoms with Crippen LogP contribution < -0.4 is 4.74 Å². The molecule has 0 spiro atoms. The summed E-state index contributed by atoms with van der Waals surface area (Å²) >= 11 is 3.42. The lowest BCUT2D eigenvalue weighted by Crippen LogP contribution is -1.91. The van der Waals surface area contributed by atoms with Crippen LogP contribution >= 0.6 is 15.9 Å². The van der Waals surface area contributed by atoms with E-state index in [1.54, 1.807) is 7.11 Å². The third-order valence-electron chi connectivity index (χ3n) is 1.89. The molecule has 0 fully saturated rings. The largest absolute Gasteiger partial charge is 0.496 e. The first-order chi connectivity index (χ1) is 5.81. The zero-order valence-electron chi connectivity index (χ0n) is 6.67. The van der Waals surface area contributed by atoms with Crippen LogP contribution in [0.4, 0.5) is 0 Å². The van der Waals surface area contributed by atoms with Gasteiger partial charge < -0.3 is 4.74 Å². The molecule has 2 nitrogen and oxygen atoms in total. The van der Waals surface area contributed by atoms with Gasteiger partial charge in [0.2, 0.25) is 0 Å². The summed E-state index contributed by atoms with van der Waals surface area (Å²) in [7, 11) is 1.67. The fourth-order valence-electron chi connectivity index (χ4n) is 1.33. The van der Waals surface area contributed by atoms with Gasteiger partial charge in [-0.05, 0) is 17.7 Å². The van der Waals surface area contributed by atoms with Crippen LogP contribution in [0.25, 0.3) is 0 Å². The number of hydrogen-bond donors (Lipinski definition) is 0. The number of methoxy groups -OCH3 is 1. The Labute approximate surface area is 79.4 Å².